The second-order valence-electron chi connectivity index (χ2n) is 5.75. The van der Waals surface area contributed by atoms with Crippen LogP contribution < -0.4 is 15.4 Å². The first-order valence-corrected chi connectivity index (χ1v) is 7.49. The van der Waals surface area contributed by atoms with Gasteiger partial charge in [0.25, 0.3) is 5.91 Å². The van der Waals surface area contributed by atoms with E-state index in [1.54, 1.807) is 17.0 Å². The van der Waals surface area contributed by atoms with Gasteiger partial charge in [0, 0.05) is 13.1 Å². The van der Waals surface area contributed by atoms with Crippen LogP contribution in [0.5, 0.6) is 5.75 Å². The fourth-order valence-corrected chi connectivity index (χ4v) is 2.52. The lowest BCUT2D eigenvalue weighted by Gasteiger charge is -2.36. The van der Waals surface area contributed by atoms with E-state index >= 15 is 0 Å². The largest absolute Gasteiger partial charge is 0.478 e. The molecule has 1 heterocycles. The van der Waals surface area contributed by atoms with Gasteiger partial charge in [-0.25, -0.2) is 0 Å². The minimum absolute atomic E-state index is 0.0151. The van der Waals surface area contributed by atoms with Crippen molar-refractivity contribution in [1.29, 1.82) is 0 Å². The van der Waals surface area contributed by atoms with Crippen LogP contribution in [0.4, 0.5) is 5.69 Å². The Morgan fingerprint density at radius 2 is 2.14 bits per heavy atom. The molecule has 0 aromatic heterocycles. The van der Waals surface area contributed by atoms with Crippen LogP contribution in [0.1, 0.15) is 38.9 Å². The molecular formula is C16H24N2O3. The Labute approximate surface area is 125 Å². The molecule has 0 aliphatic carbocycles. The predicted molar refractivity (Wildman–Crippen MR) is 82.4 cm³/mol. The number of benzene rings is 1. The number of rotatable bonds is 5. The van der Waals surface area contributed by atoms with E-state index in [1.807, 2.05) is 26.8 Å². The number of carbonyl (C=O) groups excluding carboxylic acids is 1. The molecule has 0 radical (unpaired) electrons. The fraction of sp³-hybridized carbons (Fsp3) is 0.562. The van der Waals surface area contributed by atoms with Crippen LogP contribution in [-0.4, -0.2) is 30.2 Å². The second-order valence-corrected chi connectivity index (χ2v) is 5.75. The van der Waals surface area contributed by atoms with Gasteiger partial charge in [0.2, 0.25) is 0 Å². The van der Waals surface area contributed by atoms with Crippen molar-refractivity contribution in [3.8, 4) is 5.75 Å². The molecule has 1 aromatic carbocycles. The molecule has 1 aliphatic rings. The highest BCUT2D eigenvalue weighted by molar-refractivity contribution is 6.00. The summed E-state index contributed by atoms with van der Waals surface area (Å²) in [6.07, 6.45) is -0.314. The van der Waals surface area contributed by atoms with Gasteiger partial charge in [-0.15, -0.1) is 0 Å². The van der Waals surface area contributed by atoms with E-state index in [9.17, 15) is 9.90 Å². The van der Waals surface area contributed by atoms with Gasteiger partial charge in [-0.3, -0.25) is 4.79 Å². The SMILES string of the molecule is CCCN1C(=O)C(C(C)C)Oc2ccc(C(O)CN)cc21. The predicted octanol–water partition coefficient (Wildman–Crippen LogP) is 1.84. The number of nitrogens with two attached hydrogens (primary N) is 1. The lowest BCUT2D eigenvalue weighted by Crippen LogP contribution is -2.48. The summed E-state index contributed by atoms with van der Waals surface area (Å²) >= 11 is 0. The molecule has 1 aromatic rings. The van der Waals surface area contributed by atoms with Crippen LogP contribution in [0.2, 0.25) is 0 Å². The number of aliphatic hydroxyl groups excluding tert-OH is 1. The van der Waals surface area contributed by atoms with Crippen molar-refractivity contribution in [3.63, 3.8) is 0 Å². The van der Waals surface area contributed by atoms with Crippen molar-refractivity contribution >= 4 is 11.6 Å². The van der Waals surface area contributed by atoms with E-state index in [0.29, 0.717) is 17.9 Å². The molecule has 0 bridgehead atoms. The first-order chi connectivity index (χ1) is 9.99. The number of fused-ring (bicyclic) bond motifs is 1. The Morgan fingerprint density at radius 3 is 2.71 bits per heavy atom. The Hall–Kier alpha value is -1.59. The highest BCUT2D eigenvalue weighted by Gasteiger charge is 2.36. The molecule has 0 saturated carbocycles. The first-order valence-electron chi connectivity index (χ1n) is 7.49. The second kappa shape index (κ2) is 6.45. The topological polar surface area (TPSA) is 75.8 Å². The number of aliphatic hydroxyl groups is 1. The van der Waals surface area contributed by atoms with E-state index in [0.717, 1.165) is 12.1 Å². The zero-order valence-corrected chi connectivity index (χ0v) is 12.9. The number of amides is 1. The van der Waals surface area contributed by atoms with Crippen molar-refractivity contribution in [2.24, 2.45) is 11.7 Å². The highest BCUT2D eigenvalue weighted by Crippen LogP contribution is 2.37. The number of hydrogen-bond acceptors (Lipinski definition) is 4. The van der Waals surface area contributed by atoms with E-state index in [2.05, 4.69) is 0 Å². The molecular weight excluding hydrogens is 268 g/mol. The zero-order chi connectivity index (χ0) is 15.6. The van der Waals surface area contributed by atoms with Gasteiger partial charge < -0.3 is 20.5 Å². The van der Waals surface area contributed by atoms with Gasteiger partial charge >= 0.3 is 0 Å². The number of carbonyl (C=O) groups is 1. The molecule has 116 valence electrons. The van der Waals surface area contributed by atoms with E-state index in [-0.39, 0.29) is 18.4 Å². The van der Waals surface area contributed by atoms with Gasteiger partial charge in [0.1, 0.15) is 5.75 Å². The minimum Gasteiger partial charge on any atom is -0.478 e. The van der Waals surface area contributed by atoms with E-state index in [4.69, 9.17) is 10.5 Å². The molecule has 21 heavy (non-hydrogen) atoms. The standard InChI is InChI=1S/C16H24N2O3/c1-4-7-18-12-8-11(13(19)9-17)5-6-14(12)21-15(10(2)3)16(18)20/h5-6,8,10,13,15,19H,4,7,9,17H2,1-3H3. The summed E-state index contributed by atoms with van der Waals surface area (Å²) in [6, 6.07) is 5.42. The van der Waals surface area contributed by atoms with Gasteiger partial charge in [-0.05, 0) is 30.0 Å². The van der Waals surface area contributed by atoms with Crippen LogP contribution in [0.3, 0.4) is 0 Å². The maximum absolute atomic E-state index is 12.6. The van der Waals surface area contributed by atoms with Gasteiger partial charge in [-0.2, -0.15) is 0 Å². The summed E-state index contributed by atoms with van der Waals surface area (Å²) in [5, 5.41) is 9.88. The number of hydrogen-bond donors (Lipinski definition) is 2. The molecule has 0 saturated heterocycles. The Kier molecular flexibility index (Phi) is 4.85. The normalized spacial score (nSPS) is 19.4. The Morgan fingerprint density at radius 1 is 1.43 bits per heavy atom. The Bertz CT molecular complexity index is 516. The summed E-state index contributed by atoms with van der Waals surface area (Å²) in [6.45, 7) is 6.77. The van der Waals surface area contributed by atoms with Crippen molar-refractivity contribution in [3.05, 3.63) is 23.8 Å². The van der Waals surface area contributed by atoms with E-state index in [1.165, 1.54) is 0 Å². The smallest absolute Gasteiger partial charge is 0.268 e. The van der Waals surface area contributed by atoms with Crippen LogP contribution in [-0.2, 0) is 4.79 Å². The maximum atomic E-state index is 12.6. The summed E-state index contributed by atoms with van der Waals surface area (Å²) < 4.78 is 5.85. The molecule has 2 unspecified atom stereocenters. The Balaban J connectivity index is 2.43. The molecule has 0 fully saturated rings. The maximum Gasteiger partial charge on any atom is 0.268 e. The summed E-state index contributed by atoms with van der Waals surface area (Å²) in [7, 11) is 0. The van der Waals surface area contributed by atoms with Crippen molar-refractivity contribution in [1.82, 2.24) is 0 Å². The molecule has 1 amide bonds. The number of nitrogens with zero attached hydrogens (tertiary/aromatic N) is 1. The highest BCUT2D eigenvalue weighted by atomic mass is 16.5. The van der Waals surface area contributed by atoms with Crippen LogP contribution in [0.25, 0.3) is 0 Å². The average Bonchev–Trinajstić information content (AvgIpc) is 2.48. The van der Waals surface area contributed by atoms with Crippen LogP contribution in [0.15, 0.2) is 18.2 Å². The summed E-state index contributed by atoms with van der Waals surface area (Å²) in [5.41, 5.74) is 6.93. The van der Waals surface area contributed by atoms with Gasteiger partial charge in [0.15, 0.2) is 6.10 Å². The molecule has 5 nitrogen and oxygen atoms in total. The van der Waals surface area contributed by atoms with Gasteiger partial charge in [0.05, 0.1) is 11.8 Å². The van der Waals surface area contributed by atoms with Crippen LogP contribution >= 0.6 is 0 Å². The van der Waals surface area contributed by atoms with Gasteiger partial charge in [-0.1, -0.05) is 26.8 Å². The third-order valence-corrected chi connectivity index (χ3v) is 3.70. The van der Waals surface area contributed by atoms with Crippen molar-refractivity contribution in [2.45, 2.75) is 39.4 Å². The quantitative estimate of drug-likeness (QED) is 0.868. The zero-order valence-electron chi connectivity index (χ0n) is 12.9. The number of anilines is 1. The molecule has 1 aliphatic heterocycles. The lowest BCUT2D eigenvalue weighted by atomic mass is 10.0. The van der Waals surface area contributed by atoms with Crippen molar-refractivity contribution in [2.75, 3.05) is 18.0 Å². The monoisotopic (exact) mass is 292 g/mol. The number of ether oxygens (including phenoxy) is 1. The van der Waals surface area contributed by atoms with E-state index < -0.39 is 12.2 Å². The average molecular weight is 292 g/mol. The minimum atomic E-state index is -0.725. The summed E-state index contributed by atoms with van der Waals surface area (Å²) in [5.74, 6) is 0.785. The third-order valence-electron chi connectivity index (χ3n) is 3.70. The third kappa shape index (κ3) is 3.04. The first kappa shape index (κ1) is 15.8. The molecule has 5 heteroatoms. The molecule has 2 atom stereocenters. The lowest BCUT2D eigenvalue weighted by molar-refractivity contribution is -0.128. The molecule has 2 rings (SSSR count). The van der Waals surface area contributed by atoms with Crippen LogP contribution in [0, 0.1) is 5.92 Å². The van der Waals surface area contributed by atoms with Crippen molar-refractivity contribution < 1.29 is 14.6 Å². The molecule has 3 N–H and O–H groups in total. The molecule has 0 spiro atoms. The summed E-state index contributed by atoms with van der Waals surface area (Å²) in [4.78, 5) is 14.3. The fourth-order valence-electron chi connectivity index (χ4n) is 2.52.